The molecule has 1 aromatic heterocycles. The molecule has 5 nitrogen and oxygen atoms in total. The lowest BCUT2D eigenvalue weighted by Gasteiger charge is -2.13. The Bertz CT molecular complexity index is 641. The Labute approximate surface area is 154 Å². The molecule has 0 atom stereocenters. The highest BCUT2D eigenvalue weighted by molar-refractivity contribution is 7.07. The van der Waals surface area contributed by atoms with E-state index in [1.165, 1.54) is 11.1 Å². The Morgan fingerprint density at radius 3 is 2.80 bits per heavy atom. The van der Waals surface area contributed by atoms with Gasteiger partial charge in [-0.15, -0.1) is 0 Å². The van der Waals surface area contributed by atoms with Crippen molar-refractivity contribution in [3.63, 3.8) is 0 Å². The average molecular weight is 361 g/mol. The smallest absolute Gasteiger partial charge is 0.191 e. The van der Waals surface area contributed by atoms with E-state index in [0.717, 1.165) is 24.8 Å². The summed E-state index contributed by atoms with van der Waals surface area (Å²) in [7, 11) is 4.09. The van der Waals surface area contributed by atoms with E-state index in [-0.39, 0.29) is 0 Å². The standard InChI is InChI=1S/C19H28N4OS/c1-4-20-19(22-14-17-8-11-25-15-17)21-13-16-6-5-7-18(12-16)24-10-9-23(2)3/h5-8,11-12,15H,4,9-10,13-14H2,1-3H3,(H2,20,21,22). The summed E-state index contributed by atoms with van der Waals surface area (Å²) in [5, 5.41) is 10.9. The molecule has 0 bridgehead atoms. The van der Waals surface area contributed by atoms with Crippen LogP contribution in [-0.4, -0.2) is 44.7 Å². The molecule has 0 aliphatic heterocycles. The Balaban J connectivity index is 1.87. The van der Waals surface area contributed by atoms with Gasteiger partial charge < -0.3 is 20.3 Å². The van der Waals surface area contributed by atoms with Gasteiger partial charge >= 0.3 is 0 Å². The summed E-state index contributed by atoms with van der Waals surface area (Å²) in [6, 6.07) is 10.3. The fraction of sp³-hybridized carbons (Fsp3) is 0.421. The molecule has 136 valence electrons. The molecule has 0 saturated heterocycles. The number of ether oxygens (including phenoxy) is 1. The number of nitrogens with one attached hydrogen (secondary N) is 2. The average Bonchev–Trinajstić information content (AvgIpc) is 3.11. The highest BCUT2D eigenvalue weighted by atomic mass is 32.1. The topological polar surface area (TPSA) is 48.9 Å². The second-order valence-electron chi connectivity index (χ2n) is 5.98. The number of likely N-dealkylation sites (N-methyl/N-ethyl adjacent to an activating group) is 1. The highest BCUT2D eigenvalue weighted by Crippen LogP contribution is 2.13. The van der Waals surface area contributed by atoms with Gasteiger partial charge in [0.1, 0.15) is 12.4 Å². The summed E-state index contributed by atoms with van der Waals surface area (Å²) in [6.45, 7) is 5.90. The number of thiophene rings is 1. The molecule has 0 aliphatic rings. The van der Waals surface area contributed by atoms with Gasteiger partial charge in [-0.1, -0.05) is 12.1 Å². The zero-order chi connectivity index (χ0) is 17.9. The van der Waals surface area contributed by atoms with E-state index in [0.29, 0.717) is 19.7 Å². The first-order valence-electron chi connectivity index (χ1n) is 8.57. The molecular weight excluding hydrogens is 332 g/mol. The first kappa shape index (κ1) is 19.3. The third kappa shape index (κ3) is 7.58. The minimum atomic E-state index is 0.687. The van der Waals surface area contributed by atoms with Crippen LogP contribution in [0.4, 0.5) is 0 Å². The van der Waals surface area contributed by atoms with Gasteiger partial charge in [-0.2, -0.15) is 11.3 Å². The maximum Gasteiger partial charge on any atom is 0.191 e. The van der Waals surface area contributed by atoms with Crippen molar-refractivity contribution in [2.24, 2.45) is 4.99 Å². The number of nitrogens with zero attached hydrogens (tertiary/aromatic N) is 2. The lowest BCUT2D eigenvalue weighted by molar-refractivity contribution is 0.261. The molecular formula is C19H28N4OS. The quantitative estimate of drug-likeness (QED) is 0.533. The number of guanidine groups is 1. The summed E-state index contributed by atoms with van der Waals surface area (Å²) in [4.78, 5) is 6.74. The molecule has 1 aromatic carbocycles. The van der Waals surface area contributed by atoms with Gasteiger partial charge in [0.05, 0.1) is 6.54 Å². The van der Waals surface area contributed by atoms with E-state index >= 15 is 0 Å². The largest absolute Gasteiger partial charge is 0.492 e. The second-order valence-corrected chi connectivity index (χ2v) is 6.76. The van der Waals surface area contributed by atoms with Crippen LogP contribution in [0.3, 0.4) is 0 Å². The Kier molecular flexibility index (Phi) is 8.28. The molecule has 0 saturated carbocycles. The molecule has 1 heterocycles. The van der Waals surface area contributed by atoms with Crippen LogP contribution in [0.15, 0.2) is 46.1 Å². The van der Waals surface area contributed by atoms with E-state index in [2.05, 4.69) is 56.4 Å². The molecule has 2 aromatic rings. The van der Waals surface area contributed by atoms with E-state index in [1.54, 1.807) is 11.3 Å². The van der Waals surface area contributed by atoms with Crippen molar-refractivity contribution in [3.8, 4) is 5.75 Å². The molecule has 6 heteroatoms. The van der Waals surface area contributed by atoms with Crippen LogP contribution in [-0.2, 0) is 13.1 Å². The van der Waals surface area contributed by atoms with Crippen LogP contribution in [0.2, 0.25) is 0 Å². The number of hydrogen-bond donors (Lipinski definition) is 2. The van der Waals surface area contributed by atoms with Crippen molar-refractivity contribution in [2.45, 2.75) is 20.0 Å². The normalized spacial score (nSPS) is 11.6. The van der Waals surface area contributed by atoms with Crippen LogP contribution in [0.1, 0.15) is 18.1 Å². The summed E-state index contributed by atoms with van der Waals surface area (Å²) < 4.78 is 5.79. The number of aliphatic imine (C=N–C) groups is 1. The molecule has 0 unspecified atom stereocenters. The summed E-state index contributed by atoms with van der Waals surface area (Å²) in [5.74, 6) is 1.73. The van der Waals surface area contributed by atoms with Gasteiger partial charge in [0.25, 0.3) is 0 Å². The predicted octanol–water partition coefficient (Wildman–Crippen LogP) is 2.94. The number of rotatable bonds is 9. The Hall–Kier alpha value is -2.05. The van der Waals surface area contributed by atoms with Gasteiger partial charge in [-0.3, -0.25) is 0 Å². The van der Waals surface area contributed by atoms with Crippen LogP contribution in [0.5, 0.6) is 5.75 Å². The Morgan fingerprint density at radius 1 is 1.20 bits per heavy atom. The summed E-state index contributed by atoms with van der Waals surface area (Å²) >= 11 is 1.70. The van der Waals surface area contributed by atoms with Crippen molar-refractivity contribution in [2.75, 3.05) is 33.8 Å². The van der Waals surface area contributed by atoms with Crippen molar-refractivity contribution in [1.29, 1.82) is 0 Å². The van der Waals surface area contributed by atoms with Crippen molar-refractivity contribution < 1.29 is 4.74 Å². The lowest BCUT2D eigenvalue weighted by Crippen LogP contribution is -2.36. The summed E-state index contributed by atoms with van der Waals surface area (Å²) in [6.07, 6.45) is 0. The first-order chi connectivity index (χ1) is 12.2. The summed E-state index contributed by atoms with van der Waals surface area (Å²) in [5.41, 5.74) is 2.40. The van der Waals surface area contributed by atoms with Gasteiger partial charge in [0.2, 0.25) is 0 Å². The third-order valence-corrected chi connectivity index (χ3v) is 4.24. The molecule has 2 N–H and O–H groups in total. The minimum Gasteiger partial charge on any atom is -0.492 e. The van der Waals surface area contributed by atoms with E-state index in [4.69, 9.17) is 4.74 Å². The minimum absolute atomic E-state index is 0.687. The van der Waals surface area contributed by atoms with E-state index < -0.39 is 0 Å². The molecule has 0 radical (unpaired) electrons. The first-order valence-corrected chi connectivity index (χ1v) is 9.51. The fourth-order valence-corrected chi connectivity index (χ4v) is 2.83. The van der Waals surface area contributed by atoms with Crippen LogP contribution >= 0.6 is 11.3 Å². The highest BCUT2D eigenvalue weighted by Gasteiger charge is 2.01. The maximum absolute atomic E-state index is 5.79. The van der Waals surface area contributed by atoms with Gasteiger partial charge in [0, 0.05) is 19.6 Å². The zero-order valence-corrected chi connectivity index (χ0v) is 16.1. The molecule has 0 fully saturated rings. The monoisotopic (exact) mass is 360 g/mol. The van der Waals surface area contributed by atoms with Crippen LogP contribution < -0.4 is 15.4 Å². The van der Waals surface area contributed by atoms with Crippen molar-refractivity contribution in [3.05, 3.63) is 52.2 Å². The lowest BCUT2D eigenvalue weighted by atomic mass is 10.2. The van der Waals surface area contributed by atoms with Crippen LogP contribution in [0, 0.1) is 0 Å². The van der Waals surface area contributed by atoms with E-state index in [9.17, 15) is 0 Å². The zero-order valence-electron chi connectivity index (χ0n) is 15.3. The van der Waals surface area contributed by atoms with Gasteiger partial charge in [0.15, 0.2) is 5.96 Å². The fourth-order valence-electron chi connectivity index (χ4n) is 2.17. The van der Waals surface area contributed by atoms with E-state index in [1.807, 2.05) is 26.2 Å². The van der Waals surface area contributed by atoms with Crippen molar-refractivity contribution in [1.82, 2.24) is 15.5 Å². The number of benzene rings is 1. The molecule has 25 heavy (non-hydrogen) atoms. The predicted molar refractivity (Wildman–Crippen MR) is 106 cm³/mol. The second kappa shape index (κ2) is 10.7. The molecule has 2 rings (SSSR count). The van der Waals surface area contributed by atoms with Crippen LogP contribution in [0.25, 0.3) is 0 Å². The van der Waals surface area contributed by atoms with Crippen molar-refractivity contribution >= 4 is 17.3 Å². The van der Waals surface area contributed by atoms with Gasteiger partial charge in [-0.05, 0) is 61.1 Å². The SMILES string of the molecule is CCNC(=NCc1ccsc1)NCc1cccc(OCCN(C)C)c1. The number of hydrogen-bond acceptors (Lipinski definition) is 4. The Morgan fingerprint density at radius 2 is 2.08 bits per heavy atom. The van der Waals surface area contributed by atoms with Gasteiger partial charge in [-0.25, -0.2) is 4.99 Å². The third-order valence-electron chi connectivity index (χ3n) is 3.51. The molecule has 0 aliphatic carbocycles. The maximum atomic E-state index is 5.79. The molecule has 0 amide bonds. The molecule has 0 spiro atoms.